The average Bonchev–Trinajstić information content (AvgIpc) is 2.46. The highest BCUT2D eigenvalue weighted by molar-refractivity contribution is 5.96. The van der Waals surface area contributed by atoms with Crippen LogP contribution in [0.2, 0.25) is 0 Å². The Morgan fingerprint density at radius 1 is 1.32 bits per heavy atom. The number of hydrogen-bond donors (Lipinski definition) is 0. The smallest absolute Gasteiger partial charge is 0.164 e. The first-order valence-corrected chi connectivity index (χ1v) is 7.51. The van der Waals surface area contributed by atoms with Crippen LogP contribution in [0.4, 0.5) is 0 Å². The lowest BCUT2D eigenvalue weighted by molar-refractivity contribution is 0.0945. The van der Waals surface area contributed by atoms with E-state index < -0.39 is 0 Å². The van der Waals surface area contributed by atoms with Crippen molar-refractivity contribution in [2.45, 2.75) is 39.5 Å². The highest BCUT2D eigenvalue weighted by Gasteiger charge is 2.18. The standard InChI is InChI=1S/C17H25NO/c1-3-15-5-4-11-18(13-15)12-10-17(19)16-8-6-14(2)7-9-16/h6-9,15H,3-5,10-13H2,1-2H3. The molecule has 0 aliphatic carbocycles. The van der Waals surface area contributed by atoms with Crippen LogP contribution in [0.15, 0.2) is 24.3 Å². The molecule has 0 spiro atoms. The number of aryl methyl sites for hydroxylation is 1. The summed E-state index contributed by atoms with van der Waals surface area (Å²) in [6.45, 7) is 7.58. The Morgan fingerprint density at radius 2 is 2.05 bits per heavy atom. The number of nitrogens with zero attached hydrogens (tertiary/aromatic N) is 1. The van der Waals surface area contributed by atoms with Gasteiger partial charge in [-0.15, -0.1) is 0 Å². The number of carbonyl (C=O) groups is 1. The van der Waals surface area contributed by atoms with Crippen LogP contribution in [-0.4, -0.2) is 30.3 Å². The van der Waals surface area contributed by atoms with Gasteiger partial charge in [0.15, 0.2) is 5.78 Å². The first-order chi connectivity index (χ1) is 9.19. The zero-order valence-corrected chi connectivity index (χ0v) is 12.2. The fourth-order valence-electron chi connectivity index (χ4n) is 2.83. The molecule has 0 N–H and O–H groups in total. The van der Waals surface area contributed by atoms with Crippen molar-refractivity contribution in [1.29, 1.82) is 0 Å². The van der Waals surface area contributed by atoms with Gasteiger partial charge < -0.3 is 4.90 Å². The Kier molecular flexibility index (Phi) is 5.15. The summed E-state index contributed by atoms with van der Waals surface area (Å²) in [5.41, 5.74) is 2.06. The summed E-state index contributed by atoms with van der Waals surface area (Å²) in [4.78, 5) is 14.6. The van der Waals surface area contributed by atoms with Gasteiger partial charge in [-0.25, -0.2) is 0 Å². The van der Waals surface area contributed by atoms with E-state index in [9.17, 15) is 4.79 Å². The molecule has 19 heavy (non-hydrogen) atoms. The summed E-state index contributed by atoms with van der Waals surface area (Å²) >= 11 is 0. The number of rotatable bonds is 5. The molecular weight excluding hydrogens is 234 g/mol. The number of ketones is 1. The molecule has 2 nitrogen and oxygen atoms in total. The van der Waals surface area contributed by atoms with Crippen molar-refractivity contribution in [2.24, 2.45) is 5.92 Å². The zero-order valence-electron chi connectivity index (χ0n) is 12.2. The van der Waals surface area contributed by atoms with Crippen molar-refractivity contribution in [3.8, 4) is 0 Å². The van der Waals surface area contributed by atoms with Gasteiger partial charge in [0.1, 0.15) is 0 Å². The Labute approximate surface area is 116 Å². The van der Waals surface area contributed by atoms with Gasteiger partial charge in [-0.2, -0.15) is 0 Å². The Bertz CT molecular complexity index is 410. The van der Waals surface area contributed by atoms with Gasteiger partial charge in [0, 0.05) is 25.1 Å². The minimum atomic E-state index is 0.277. The molecule has 0 bridgehead atoms. The third-order valence-corrected chi connectivity index (χ3v) is 4.21. The lowest BCUT2D eigenvalue weighted by atomic mass is 9.95. The third kappa shape index (κ3) is 4.17. The maximum absolute atomic E-state index is 12.1. The molecule has 1 unspecified atom stereocenters. The van der Waals surface area contributed by atoms with Gasteiger partial charge in [-0.05, 0) is 32.2 Å². The number of likely N-dealkylation sites (tertiary alicyclic amines) is 1. The molecule has 2 heteroatoms. The van der Waals surface area contributed by atoms with E-state index >= 15 is 0 Å². The summed E-state index contributed by atoms with van der Waals surface area (Å²) in [5, 5.41) is 0. The highest BCUT2D eigenvalue weighted by atomic mass is 16.1. The van der Waals surface area contributed by atoms with Gasteiger partial charge in [0.25, 0.3) is 0 Å². The predicted octanol–water partition coefficient (Wildman–Crippen LogP) is 3.69. The van der Waals surface area contributed by atoms with Crippen molar-refractivity contribution < 1.29 is 4.79 Å². The van der Waals surface area contributed by atoms with Crippen molar-refractivity contribution >= 4 is 5.78 Å². The van der Waals surface area contributed by atoms with E-state index in [0.717, 1.165) is 24.6 Å². The largest absolute Gasteiger partial charge is 0.303 e. The summed E-state index contributed by atoms with van der Waals surface area (Å²) in [5.74, 6) is 1.11. The lowest BCUT2D eigenvalue weighted by Crippen LogP contribution is -2.36. The summed E-state index contributed by atoms with van der Waals surface area (Å²) in [6.07, 6.45) is 4.57. The van der Waals surface area contributed by atoms with Crippen LogP contribution in [0.5, 0.6) is 0 Å². The second-order valence-electron chi connectivity index (χ2n) is 5.76. The average molecular weight is 259 g/mol. The molecule has 1 heterocycles. The summed E-state index contributed by atoms with van der Waals surface area (Å²) < 4.78 is 0. The van der Waals surface area contributed by atoms with E-state index in [1.54, 1.807) is 0 Å². The topological polar surface area (TPSA) is 20.3 Å². The van der Waals surface area contributed by atoms with Crippen LogP contribution in [0.25, 0.3) is 0 Å². The molecule has 0 radical (unpaired) electrons. The molecule has 1 aromatic carbocycles. The lowest BCUT2D eigenvalue weighted by Gasteiger charge is -2.32. The monoisotopic (exact) mass is 259 g/mol. The molecule has 1 aliphatic rings. The van der Waals surface area contributed by atoms with E-state index in [1.165, 1.54) is 31.4 Å². The maximum Gasteiger partial charge on any atom is 0.164 e. The molecule has 0 saturated carbocycles. The zero-order chi connectivity index (χ0) is 13.7. The van der Waals surface area contributed by atoms with E-state index in [-0.39, 0.29) is 5.78 Å². The second-order valence-corrected chi connectivity index (χ2v) is 5.76. The van der Waals surface area contributed by atoms with Gasteiger partial charge in [0.2, 0.25) is 0 Å². The van der Waals surface area contributed by atoms with Crippen molar-refractivity contribution in [2.75, 3.05) is 19.6 Å². The van der Waals surface area contributed by atoms with Crippen molar-refractivity contribution in [3.05, 3.63) is 35.4 Å². The number of piperidine rings is 1. The van der Waals surface area contributed by atoms with Crippen LogP contribution in [-0.2, 0) is 0 Å². The minimum Gasteiger partial charge on any atom is -0.303 e. The molecule has 1 saturated heterocycles. The number of Topliss-reactive ketones (excluding diaryl/α,β-unsaturated/α-hetero) is 1. The quantitative estimate of drug-likeness (QED) is 0.752. The Hall–Kier alpha value is -1.15. The first kappa shape index (κ1) is 14.3. The van der Waals surface area contributed by atoms with Crippen LogP contribution in [0.3, 0.4) is 0 Å². The van der Waals surface area contributed by atoms with Crippen LogP contribution in [0.1, 0.15) is 48.5 Å². The third-order valence-electron chi connectivity index (χ3n) is 4.21. The van der Waals surface area contributed by atoms with Crippen LogP contribution in [0, 0.1) is 12.8 Å². The molecule has 2 rings (SSSR count). The van der Waals surface area contributed by atoms with E-state index in [1.807, 2.05) is 31.2 Å². The molecule has 104 valence electrons. The second kappa shape index (κ2) is 6.85. The first-order valence-electron chi connectivity index (χ1n) is 7.51. The van der Waals surface area contributed by atoms with Gasteiger partial charge >= 0.3 is 0 Å². The van der Waals surface area contributed by atoms with E-state index in [2.05, 4.69) is 11.8 Å². The Balaban J connectivity index is 1.81. The summed E-state index contributed by atoms with van der Waals surface area (Å²) in [6, 6.07) is 7.92. The van der Waals surface area contributed by atoms with Crippen LogP contribution >= 0.6 is 0 Å². The van der Waals surface area contributed by atoms with Crippen molar-refractivity contribution in [3.63, 3.8) is 0 Å². The minimum absolute atomic E-state index is 0.277. The van der Waals surface area contributed by atoms with Gasteiger partial charge in [-0.1, -0.05) is 43.2 Å². The molecule has 0 aromatic heterocycles. The molecule has 1 atom stereocenters. The summed E-state index contributed by atoms with van der Waals surface area (Å²) in [7, 11) is 0. The fraction of sp³-hybridized carbons (Fsp3) is 0.588. The molecule has 0 amide bonds. The Morgan fingerprint density at radius 3 is 2.74 bits per heavy atom. The van der Waals surface area contributed by atoms with Gasteiger partial charge in [0.05, 0.1) is 0 Å². The number of hydrogen-bond acceptors (Lipinski definition) is 2. The predicted molar refractivity (Wildman–Crippen MR) is 79.6 cm³/mol. The SMILES string of the molecule is CCC1CCCN(CCC(=O)c2ccc(C)cc2)C1. The molecular formula is C17H25NO. The number of benzene rings is 1. The molecule has 1 fully saturated rings. The van der Waals surface area contributed by atoms with Gasteiger partial charge in [-0.3, -0.25) is 4.79 Å². The van der Waals surface area contributed by atoms with Crippen LogP contribution < -0.4 is 0 Å². The molecule has 1 aliphatic heterocycles. The fourth-order valence-corrected chi connectivity index (χ4v) is 2.83. The van der Waals surface area contributed by atoms with E-state index in [0.29, 0.717) is 6.42 Å². The number of carbonyl (C=O) groups excluding carboxylic acids is 1. The normalized spacial score (nSPS) is 20.4. The van der Waals surface area contributed by atoms with E-state index in [4.69, 9.17) is 0 Å². The maximum atomic E-state index is 12.1. The highest BCUT2D eigenvalue weighted by Crippen LogP contribution is 2.19. The van der Waals surface area contributed by atoms with Crippen molar-refractivity contribution in [1.82, 2.24) is 4.90 Å². The molecule has 1 aromatic rings.